The number of carbonyl (C=O) groups excluding carboxylic acids is 3. The van der Waals surface area contributed by atoms with E-state index in [4.69, 9.17) is 18.9 Å². The molecule has 0 spiro atoms. The third-order valence-electron chi connectivity index (χ3n) is 13.9. The van der Waals surface area contributed by atoms with E-state index >= 15 is 13.2 Å². The van der Waals surface area contributed by atoms with Gasteiger partial charge in [0.15, 0.2) is 10.8 Å². The standard InChI is InChI=1S/C37H52F6O9/c1-16-8-19-18-11-23(25(44)12-18)29(19)50-26(16)15-35(32(47)49-7,37(41,42)43)24-13-20-17-9-21(22(10-17)30(45)52-33(2,3)4)28(20)51-27(24)14-34(5,31(46)48-6)36(38,39)40/h16-29,44H,8-15H2,1-7H3. The van der Waals surface area contributed by atoms with Gasteiger partial charge in [0.2, 0.25) is 0 Å². The van der Waals surface area contributed by atoms with Crippen LogP contribution in [0.25, 0.3) is 0 Å². The van der Waals surface area contributed by atoms with Gasteiger partial charge in [0.25, 0.3) is 0 Å². The largest absolute Gasteiger partial charge is 0.468 e. The third kappa shape index (κ3) is 6.33. The topological polar surface area (TPSA) is 118 Å². The predicted octanol–water partition coefficient (Wildman–Crippen LogP) is 6.43. The molecule has 16 atom stereocenters. The van der Waals surface area contributed by atoms with Crippen molar-refractivity contribution < 1.29 is 69.5 Å². The number of alkyl halides is 6. The fourth-order valence-electron chi connectivity index (χ4n) is 11.4. The summed E-state index contributed by atoms with van der Waals surface area (Å²) in [6.07, 6.45) is -15.8. The maximum absolute atomic E-state index is 16.1. The number of hydrogen-bond donors (Lipinski definition) is 1. The molecule has 0 aromatic carbocycles. The molecule has 0 aromatic heterocycles. The number of ether oxygens (including phenoxy) is 5. The molecule has 2 heterocycles. The monoisotopic (exact) mass is 754 g/mol. The lowest BCUT2D eigenvalue weighted by molar-refractivity contribution is -0.296. The molecular formula is C37H52F6O9. The molecule has 52 heavy (non-hydrogen) atoms. The number of esters is 3. The maximum Gasteiger partial charge on any atom is 0.405 e. The van der Waals surface area contributed by atoms with Crippen molar-refractivity contribution in [3.63, 3.8) is 0 Å². The minimum Gasteiger partial charge on any atom is -0.468 e. The van der Waals surface area contributed by atoms with Gasteiger partial charge >= 0.3 is 30.3 Å². The highest BCUT2D eigenvalue weighted by Gasteiger charge is 2.73. The Morgan fingerprint density at radius 2 is 1.25 bits per heavy atom. The Balaban J connectivity index is 1.41. The van der Waals surface area contributed by atoms with E-state index < -0.39 is 120 Å². The second-order valence-electron chi connectivity index (χ2n) is 17.8. The molecular weight excluding hydrogens is 702 g/mol. The van der Waals surface area contributed by atoms with E-state index in [9.17, 15) is 32.7 Å². The number of rotatable bonds is 8. The number of aliphatic hydroxyl groups is 1. The first kappa shape index (κ1) is 39.6. The fraction of sp³-hybridized carbons (Fsp3) is 0.919. The lowest BCUT2D eigenvalue weighted by atomic mass is 9.59. The molecule has 0 radical (unpaired) electrons. The van der Waals surface area contributed by atoms with Crippen molar-refractivity contribution in [3.8, 4) is 0 Å². The van der Waals surface area contributed by atoms with E-state index in [1.165, 1.54) is 0 Å². The average Bonchev–Trinajstić information content (AvgIpc) is 3.80. The molecule has 2 aliphatic heterocycles. The number of carbonyl (C=O) groups is 3. The highest BCUT2D eigenvalue weighted by atomic mass is 19.4. The van der Waals surface area contributed by atoms with Crippen LogP contribution in [0.1, 0.15) is 86.0 Å². The van der Waals surface area contributed by atoms with E-state index in [1.807, 2.05) is 0 Å². The van der Waals surface area contributed by atoms with Crippen LogP contribution in [0.15, 0.2) is 0 Å². The van der Waals surface area contributed by atoms with Crippen molar-refractivity contribution in [2.24, 2.45) is 64.1 Å². The van der Waals surface area contributed by atoms with Crippen molar-refractivity contribution in [2.45, 2.75) is 134 Å². The molecule has 15 heteroatoms. The summed E-state index contributed by atoms with van der Waals surface area (Å²) >= 11 is 0. The third-order valence-corrected chi connectivity index (χ3v) is 13.9. The zero-order valence-corrected chi connectivity index (χ0v) is 30.7. The van der Waals surface area contributed by atoms with Gasteiger partial charge in [-0.25, -0.2) is 0 Å². The average molecular weight is 755 g/mol. The fourth-order valence-corrected chi connectivity index (χ4v) is 11.4. The molecule has 4 aliphatic carbocycles. The van der Waals surface area contributed by atoms with E-state index in [1.54, 1.807) is 27.7 Å². The van der Waals surface area contributed by atoms with E-state index in [0.717, 1.165) is 14.2 Å². The number of fused-ring (bicyclic) bond motifs is 10. The van der Waals surface area contributed by atoms with E-state index in [0.29, 0.717) is 39.0 Å². The molecule has 4 saturated carbocycles. The first-order valence-electron chi connectivity index (χ1n) is 18.5. The van der Waals surface area contributed by atoms with Gasteiger partial charge in [-0.05, 0) is 115 Å². The minimum absolute atomic E-state index is 0.0455. The number of halogens is 6. The van der Waals surface area contributed by atoms with Crippen LogP contribution in [0.2, 0.25) is 0 Å². The predicted molar refractivity (Wildman–Crippen MR) is 170 cm³/mol. The van der Waals surface area contributed by atoms with Gasteiger partial charge in [-0.1, -0.05) is 6.92 Å². The van der Waals surface area contributed by atoms with Gasteiger partial charge < -0.3 is 28.8 Å². The molecule has 0 aromatic rings. The van der Waals surface area contributed by atoms with Crippen LogP contribution in [0.3, 0.4) is 0 Å². The molecule has 296 valence electrons. The summed E-state index contributed by atoms with van der Waals surface area (Å²) in [5.41, 5.74) is -7.50. The summed E-state index contributed by atoms with van der Waals surface area (Å²) in [6, 6.07) is 0. The maximum atomic E-state index is 16.1. The molecule has 2 saturated heterocycles. The quantitative estimate of drug-likeness (QED) is 0.170. The van der Waals surface area contributed by atoms with Crippen LogP contribution in [0, 0.1) is 64.1 Å². The minimum atomic E-state index is -5.34. The molecule has 4 bridgehead atoms. The van der Waals surface area contributed by atoms with Crippen molar-refractivity contribution in [1.29, 1.82) is 0 Å². The smallest absolute Gasteiger partial charge is 0.405 e. The van der Waals surface area contributed by atoms with Gasteiger partial charge in [0.1, 0.15) is 5.60 Å². The van der Waals surface area contributed by atoms with Crippen LogP contribution in [0.4, 0.5) is 26.3 Å². The Bertz CT molecular complexity index is 1400. The summed E-state index contributed by atoms with van der Waals surface area (Å²) in [7, 11) is 1.58. The van der Waals surface area contributed by atoms with Crippen molar-refractivity contribution >= 4 is 17.9 Å². The van der Waals surface area contributed by atoms with Crippen LogP contribution in [-0.2, 0) is 38.1 Å². The molecule has 9 nitrogen and oxygen atoms in total. The number of methoxy groups -OCH3 is 2. The first-order valence-corrected chi connectivity index (χ1v) is 18.5. The number of hydrogen-bond acceptors (Lipinski definition) is 9. The molecule has 6 rings (SSSR count). The van der Waals surface area contributed by atoms with Crippen LogP contribution < -0.4 is 0 Å². The lowest BCUT2D eigenvalue weighted by Gasteiger charge is -2.54. The Kier molecular flexibility index (Phi) is 10.1. The highest BCUT2D eigenvalue weighted by molar-refractivity contribution is 5.79. The molecule has 1 N–H and O–H groups in total. The molecule has 6 aliphatic rings. The Labute approximate surface area is 300 Å². The molecule has 16 unspecified atom stereocenters. The van der Waals surface area contributed by atoms with Crippen LogP contribution in [0.5, 0.6) is 0 Å². The molecule has 0 amide bonds. The van der Waals surface area contributed by atoms with Gasteiger partial charge in [0, 0.05) is 11.8 Å². The van der Waals surface area contributed by atoms with E-state index in [2.05, 4.69) is 4.74 Å². The van der Waals surface area contributed by atoms with Gasteiger partial charge in [0.05, 0.1) is 50.7 Å². The second kappa shape index (κ2) is 13.3. The Morgan fingerprint density at radius 3 is 1.83 bits per heavy atom. The van der Waals surface area contributed by atoms with Gasteiger partial charge in [-0.15, -0.1) is 0 Å². The van der Waals surface area contributed by atoms with Crippen LogP contribution >= 0.6 is 0 Å². The SMILES string of the molecule is COC(=O)C(C)(CC1OC2C(CC1C(CC1OC3C4CC(CC4O)C3CC1C)(C(=O)OC)C(F)(F)F)C1CC(C(=O)OC(C)(C)C)C2C1)C(F)(F)F. The summed E-state index contributed by atoms with van der Waals surface area (Å²) < 4.78 is 120. The number of aliphatic hydroxyl groups excluding tert-OH is 1. The zero-order valence-electron chi connectivity index (χ0n) is 30.7. The molecule has 6 fully saturated rings. The summed E-state index contributed by atoms with van der Waals surface area (Å²) in [6.45, 7) is 7.41. The normalized spacial score (nSPS) is 42.1. The Morgan fingerprint density at radius 1 is 0.692 bits per heavy atom. The zero-order chi connectivity index (χ0) is 38.5. The van der Waals surface area contributed by atoms with Gasteiger partial charge in [-0.3, -0.25) is 14.4 Å². The van der Waals surface area contributed by atoms with Crippen molar-refractivity contribution in [3.05, 3.63) is 0 Å². The Hall–Kier alpha value is -2.13. The summed E-state index contributed by atoms with van der Waals surface area (Å²) in [4.78, 5) is 40.0. The van der Waals surface area contributed by atoms with Crippen molar-refractivity contribution in [2.75, 3.05) is 14.2 Å². The van der Waals surface area contributed by atoms with Gasteiger partial charge in [-0.2, -0.15) is 26.3 Å². The lowest BCUT2D eigenvalue weighted by Crippen LogP contribution is -2.62. The van der Waals surface area contributed by atoms with Crippen LogP contribution in [-0.4, -0.2) is 85.7 Å². The summed E-state index contributed by atoms with van der Waals surface area (Å²) in [5, 5.41) is 10.6. The summed E-state index contributed by atoms with van der Waals surface area (Å²) in [5.74, 6) is -8.41. The first-order chi connectivity index (χ1) is 24.0. The van der Waals surface area contributed by atoms with Crippen molar-refractivity contribution in [1.82, 2.24) is 0 Å². The second-order valence-corrected chi connectivity index (χ2v) is 17.8. The van der Waals surface area contributed by atoms with E-state index in [-0.39, 0.29) is 30.1 Å². The highest BCUT2D eigenvalue weighted by Crippen LogP contribution is 2.65.